The second-order valence-electron chi connectivity index (χ2n) is 12.6. The van der Waals surface area contributed by atoms with E-state index in [2.05, 4.69) is 4.76 Å². The van der Waals surface area contributed by atoms with Crippen LogP contribution in [0, 0.1) is 11.8 Å². The van der Waals surface area contributed by atoms with Gasteiger partial charge in [0.25, 0.3) is 0 Å². The summed E-state index contributed by atoms with van der Waals surface area (Å²) in [5.41, 5.74) is 8.35. The molecule has 0 spiro atoms. The van der Waals surface area contributed by atoms with Crippen molar-refractivity contribution in [1.82, 2.24) is 4.90 Å². The van der Waals surface area contributed by atoms with E-state index in [0.29, 0.717) is 32.1 Å². The molecule has 0 fully saturated rings. The van der Waals surface area contributed by atoms with Crippen molar-refractivity contribution in [3.63, 3.8) is 0 Å². The number of nitrogens with two attached hydrogens (primary N) is 1. The Balaban J connectivity index is 2.22. The summed E-state index contributed by atoms with van der Waals surface area (Å²) in [4.78, 5) is 38.5. The van der Waals surface area contributed by atoms with Gasteiger partial charge in [-0.1, -0.05) is 108 Å². The third-order valence-electron chi connectivity index (χ3n) is 7.50. The Labute approximate surface area is 301 Å². The molecule has 0 aliphatic carbocycles. The molecule has 2 rings (SSSR count). The number of nitrogens with zero attached hydrogens (tertiary/aromatic N) is 2. The number of aryl methyl sites for hydroxylation is 2. The van der Waals surface area contributed by atoms with Crippen LogP contribution in [0.3, 0.4) is 0 Å². The zero-order valence-corrected chi connectivity index (χ0v) is 31.4. The number of carbonyl (C=O) groups excluding carboxylic acids is 2. The maximum Gasteiger partial charge on any atom is 0.510 e. The molecule has 3 unspecified atom stereocenters. The van der Waals surface area contributed by atoms with E-state index in [0.717, 1.165) is 22.4 Å². The van der Waals surface area contributed by atoms with Gasteiger partial charge < -0.3 is 34.7 Å². The van der Waals surface area contributed by atoms with E-state index in [-0.39, 0.29) is 19.6 Å². The number of rotatable bonds is 22. The van der Waals surface area contributed by atoms with Gasteiger partial charge in [0, 0.05) is 18.9 Å². The molecule has 2 aromatic carbocycles. The van der Waals surface area contributed by atoms with Gasteiger partial charge in [0.2, 0.25) is 18.5 Å². The molecule has 14 nitrogen and oxygen atoms in total. The molecule has 0 heterocycles. The fraction of sp³-hybridized carbons (Fsp3) is 0.556. The Bertz CT molecular complexity index is 1330. The van der Waals surface area contributed by atoms with Gasteiger partial charge in [-0.25, -0.2) is 28.0 Å². The van der Waals surface area contributed by atoms with Gasteiger partial charge in [-0.2, -0.15) is 0 Å². The van der Waals surface area contributed by atoms with Crippen molar-refractivity contribution in [3.05, 3.63) is 71.8 Å². The van der Waals surface area contributed by atoms with E-state index in [9.17, 15) is 24.1 Å². The van der Waals surface area contributed by atoms with E-state index >= 15 is 0 Å². The van der Waals surface area contributed by atoms with Crippen LogP contribution in [0.2, 0.25) is 0 Å². The van der Waals surface area contributed by atoms with Gasteiger partial charge in [-0.15, -0.1) is 4.76 Å². The number of carboxylic acid groups (broad SMARTS) is 1. The number of aliphatic carboxylic acids is 1. The minimum atomic E-state index is -4.84. The molecule has 0 bridgehead atoms. The predicted molar refractivity (Wildman–Crippen MR) is 192 cm³/mol. The number of carbonyl (C=O) groups is 3. The summed E-state index contributed by atoms with van der Waals surface area (Å²) in [6.07, 6.45) is -1.27. The summed E-state index contributed by atoms with van der Waals surface area (Å²) in [7, 11) is -3.46. The summed E-state index contributed by atoms with van der Waals surface area (Å²) in [6, 6.07) is 18.2. The molecule has 3 atom stereocenters. The zero-order valence-electron chi connectivity index (χ0n) is 30.5. The molecule has 2 aromatic rings. The molecule has 0 aromatic heterocycles. The van der Waals surface area contributed by atoms with Crippen molar-refractivity contribution in [3.8, 4) is 0 Å². The van der Waals surface area contributed by atoms with Gasteiger partial charge in [0.05, 0.1) is 13.2 Å². The summed E-state index contributed by atoms with van der Waals surface area (Å²) in [5.74, 6) is -2.86. The Morgan fingerprint density at radius 1 is 0.784 bits per heavy atom. The molecule has 15 heteroatoms. The lowest BCUT2D eigenvalue weighted by atomic mass is 10.1. The molecule has 284 valence electrons. The van der Waals surface area contributed by atoms with Gasteiger partial charge in [0.15, 0.2) is 0 Å². The van der Waals surface area contributed by atoms with Gasteiger partial charge in [0.1, 0.15) is 6.04 Å². The molecular formula is C36H54N3O11P. The van der Waals surface area contributed by atoms with Crippen LogP contribution in [0.1, 0.15) is 77.8 Å². The lowest BCUT2D eigenvalue weighted by Crippen LogP contribution is -2.46. The van der Waals surface area contributed by atoms with Crippen molar-refractivity contribution in [1.29, 1.82) is 0 Å². The SMILES string of the molecule is CCCCC(C(=O)O)N(C)C(N)=NP(=O)(OC(OC(=O)OCCCc1ccccc1)C(C)C)OC(OC(=O)OCCCc1ccccc1)C(C)C. The monoisotopic (exact) mass is 735 g/mol. The maximum absolute atomic E-state index is 14.4. The Morgan fingerprint density at radius 3 is 1.59 bits per heavy atom. The number of carboxylic acids is 1. The highest BCUT2D eigenvalue weighted by atomic mass is 31.2. The minimum absolute atomic E-state index is 0.0493. The zero-order chi connectivity index (χ0) is 37.8. The van der Waals surface area contributed by atoms with Crippen molar-refractivity contribution >= 4 is 32.0 Å². The van der Waals surface area contributed by atoms with Crippen LogP contribution in [-0.4, -0.2) is 73.1 Å². The van der Waals surface area contributed by atoms with Crippen LogP contribution in [0.5, 0.6) is 0 Å². The van der Waals surface area contributed by atoms with E-state index in [4.69, 9.17) is 33.7 Å². The first-order valence-electron chi connectivity index (χ1n) is 17.3. The average Bonchev–Trinajstić information content (AvgIpc) is 3.08. The van der Waals surface area contributed by atoms with Gasteiger partial charge >= 0.3 is 26.0 Å². The van der Waals surface area contributed by atoms with Gasteiger partial charge in [-0.3, -0.25) is 0 Å². The quantitative estimate of drug-likeness (QED) is 0.0302. The first kappa shape index (κ1) is 43.0. The number of hydrogen-bond acceptors (Lipinski definition) is 10. The number of hydrogen-bond donors (Lipinski definition) is 2. The molecule has 0 aliphatic rings. The van der Waals surface area contributed by atoms with Crippen LogP contribution >= 0.6 is 7.75 Å². The number of guanidine groups is 1. The molecule has 0 saturated heterocycles. The fourth-order valence-electron chi connectivity index (χ4n) is 4.54. The van der Waals surface area contributed by atoms with Crippen LogP contribution < -0.4 is 5.73 Å². The third kappa shape index (κ3) is 16.6. The first-order chi connectivity index (χ1) is 24.2. The summed E-state index contributed by atoms with van der Waals surface area (Å²) < 4.78 is 51.1. The lowest BCUT2D eigenvalue weighted by Gasteiger charge is -2.30. The number of benzene rings is 2. The Morgan fingerprint density at radius 2 is 1.22 bits per heavy atom. The molecular weight excluding hydrogens is 681 g/mol. The Kier molecular flexibility index (Phi) is 19.1. The smallest absolute Gasteiger partial charge is 0.480 e. The first-order valence-corrected chi connectivity index (χ1v) is 18.8. The molecule has 0 radical (unpaired) electrons. The number of likely N-dealkylation sites (N-methyl/N-ethyl adjacent to an activating group) is 1. The summed E-state index contributed by atoms with van der Waals surface area (Å²) in [6.45, 7) is 8.53. The number of ether oxygens (including phenoxy) is 4. The lowest BCUT2D eigenvalue weighted by molar-refractivity contribution is -0.141. The third-order valence-corrected chi connectivity index (χ3v) is 8.90. The largest absolute Gasteiger partial charge is 0.510 e. The Hall–Kier alpha value is -4.13. The second-order valence-corrected chi connectivity index (χ2v) is 14.1. The van der Waals surface area contributed by atoms with Crippen molar-refractivity contribution in [2.75, 3.05) is 20.3 Å². The van der Waals surface area contributed by atoms with E-state index in [1.54, 1.807) is 27.7 Å². The van der Waals surface area contributed by atoms with E-state index in [1.807, 2.05) is 67.6 Å². The second kappa shape index (κ2) is 22.6. The maximum atomic E-state index is 14.4. The topological polar surface area (TPSA) is 186 Å². The fourth-order valence-corrected chi connectivity index (χ4v) is 6.17. The van der Waals surface area contributed by atoms with Crippen LogP contribution in [-0.2, 0) is 50.2 Å². The van der Waals surface area contributed by atoms with Gasteiger partial charge in [-0.05, 0) is 43.2 Å². The van der Waals surface area contributed by atoms with Crippen molar-refractivity contribution in [2.45, 2.75) is 98.2 Å². The highest BCUT2D eigenvalue weighted by molar-refractivity contribution is 7.52. The normalized spacial score (nSPS) is 14.6. The highest BCUT2D eigenvalue weighted by Gasteiger charge is 2.39. The average molecular weight is 736 g/mol. The summed E-state index contributed by atoms with van der Waals surface area (Å²) >= 11 is 0. The summed E-state index contributed by atoms with van der Waals surface area (Å²) in [5, 5.41) is 9.83. The van der Waals surface area contributed by atoms with Crippen molar-refractivity contribution in [2.24, 2.45) is 22.3 Å². The van der Waals surface area contributed by atoms with Crippen LogP contribution in [0.4, 0.5) is 9.59 Å². The molecule has 0 aliphatic heterocycles. The predicted octanol–water partition coefficient (Wildman–Crippen LogP) is 7.55. The standard InChI is InChI=1S/C36H54N3O11P/c1-7-8-23-30(31(40)41)39(6)34(37)38-51(44,49-32(26(2)3)47-35(42)45-24-15-21-28-17-11-9-12-18-28)50-33(27(4)5)48-36(43)46-25-16-22-29-19-13-10-14-20-29/h9-14,17-20,26-27,30,32-33H,7-8,15-16,21-25H2,1-6H3,(H,40,41)(H2,37,38,44). The number of unbranched alkanes of at least 4 members (excludes halogenated alkanes) is 1. The molecule has 0 saturated carbocycles. The highest BCUT2D eigenvalue weighted by Crippen LogP contribution is 2.54. The van der Waals surface area contributed by atoms with Crippen LogP contribution in [0.25, 0.3) is 0 Å². The minimum Gasteiger partial charge on any atom is -0.480 e. The molecule has 3 N–H and O–H groups in total. The molecule has 51 heavy (non-hydrogen) atoms. The van der Waals surface area contributed by atoms with Crippen LogP contribution in [0.15, 0.2) is 65.4 Å². The van der Waals surface area contributed by atoms with E-state index in [1.165, 1.54) is 7.05 Å². The molecule has 0 amide bonds. The van der Waals surface area contributed by atoms with Crippen molar-refractivity contribution < 1.29 is 52.1 Å². The van der Waals surface area contributed by atoms with E-state index < -0.39 is 62.4 Å².